The van der Waals surface area contributed by atoms with Crippen molar-refractivity contribution in [3.63, 3.8) is 0 Å². The van der Waals surface area contributed by atoms with E-state index in [1.807, 2.05) is 18.2 Å². The number of nitrogens with zero attached hydrogens (tertiary/aromatic N) is 1. The van der Waals surface area contributed by atoms with Crippen LogP contribution in [0.2, 0.25) is 0 Å². The number of fused-ring (bicyclic) bond motifs is 1. The van der Waals surface area contributed by atoms with Crippen LogP contribution in [0.3, 0.4) is 0 Å². The number of hydrogen-bond donors (Lipinski definition) is 1. The minimum atomic E-state index is 0. The van der Waals surface area contributed by atoms with Crippen molar-refractivity contribution >= 4 is 23.4 Å². The van der Waals surface area contributed by atoms with Crippen molar-refractivity contribution in [2.24, 2.45) is 5.41 Å². The van der Waals surface area contributed by atoms with Crippen molar-refractivity contribution in [2.75, 3.05) is 33.3 Å². The number of furan rings is 1. The first kappa shape index (κ1) is 15.7. The van der Waals surface area contributed by atoms with Gasteiger partial charge in [-0.2, -0.15) is 0 Å². The van der Waals surface area contributed by atoms with Gasteiger partial charge in [0.25, 0.3) is 0 Å². The van der Waals surface area contributed by atoms with E-state index in [9.17, 15) is 0 Å². The summed E-state index contributed by atoms with van der Waals surface area (Å²) in [6.45, 7) is 5.65. The molecule has 2 aliphatic heterocycles. The molecule has 1 aromatic heterocycles. The topological polar surface area (TPSA) is 37.6 Å². The number of likely N-dealkylation sites (tertiary alicyclic amines) is 1. The Balaban J connectivity index is 0.00000144. The lowest BCUT2D eigenvalue weighted by Crippen LogP contribution is -2.28. The molecule has 2 fully saturated rings. The van der Waals surface area contributed by atoms with Crippen molar-refractivity contribution in [2.45, 2.75) is 19.4 Å². The van der Waals surface area contributed by atoms with Gasteiger partial charge in [-0.05, 0) is 55.6 Å². The Hall–Kier alpha value is -1.23. The van der Waals surface area contributed by atoms with E-state index in [-0.39, 0.29) is 12.4 Å². The highest BCUT2D eigenvalue weighted by molar-refractivity contribution is 5.85. The SMILES string of the molecule is COc1ccc2oc(CN3CCC4(CCNC4)C3)cc2c1.Cl. The molecule has 22 heavy (non-hydrogen) atoms. The van der Waals surface area contributed by atoms with Gasteiger partial charge in [0.15, 0.2) is 0 Å². The zero-order valence-electron chi connectivity index (χ0n) is 12.9. The molecule has 1 aromatic carbocycles. The normalized spacial score (nSPS) is 25.0. The number of rotatable bonds is 3. The number of methoxy groups -OCH3 is 1. The zero-order valence-corrected chi connectivity index (χ0v) is 13.7. The summed E-state index contributed by atoms with van der Waals surface area (Å²) in [5.41, 5.74) is 1.47. The van der Waals surface area contributed by atoms with Gasteiger partial charge in [-0.25, -0.2) is 0 Å². The maximum atomic E-state index is 5.97. The van der Waals surface area contributed by atoms with Crippen LogP contribution in [0.25, 0.3) is 11.0 Å². The Labute approximate surface area is 137 Å². The Morgan fingerprint density at radius 2 is 2.23 bits per heavy atom. The standard InChI is InChI=1S/C17H22N2O2.ClH/c1-20-14-2-3-16-13(8-14)9-15(21-16)10-19-7-5-17(12-19)4-6-18-11-17;/h2-3,8-9,18H,4-7,10-12H2,1H3;1H. The van der Waals surface area contributed by atoms with E-state index in [2.05, 4.69) is 16.3 Å². The van der Waals surface area contributed by atoms with Crippen molar-refractivity contribution in [3.8, 4) is 5.75 Å². The molecule has 1 atom stereocenters. The van der Waals surface area contributed by atoms with Crippen LogP contribution in [0.4, 0.5) is 0 Å². The first-order chi connectivity index (χ1) is 10.3. The number of halogens is 1. The average molecular weight is 323 g/mol. The molecule has 4 nitrogen and oxygen atoms in total. The molecular formula is C17H23ClN2O2. The van der Waals surface area contributed by atoms with Gasteiger partial charge in [0.1, 0.15) is 17.1 Å². The maximum Gasteiger partial charge on any atom is 0.134 e. The smallest absolute Gasteiger partial charge is 0.134 e. The van der Waals surface area contributed by atoms with Gasteiger partial charge in [0, 0.05) is 18.5 Å². The van der Waals surface area contributed by atoms with E-state index in [1.165, 1.54) is 39.0 Å². The van der Waals surface area contributed by atoms with Crippen LogP contribution in [0.1, 0.15) is 18.6 Å². The molecule has 3 heterocycles. The van der Waals surface area contributed by atoms with Crippen LogP contribution in [-0.4, -0.2) is 38.2 Å². The molecule has 2 aliphatic rings. The predicted octanol–water partition coefficient (Wildman–Crippen LogP) is 3.05. The van der Waals surface area contributed by atoms with Gasteiger partial charge in [-0.3, -0.25) is 4.90 Å². The molecule has 5 heteroatoms. The van der Waals surface area contributed by atoms with E-state index < -0.39 is 0 Å². The Morgan fingerprint density at radius 1 is 1.32 bits per heavy atom. The summed E-state index contributed by atoms with van der Waals surface area (Å²) < 4.78 is 11.2. The highest BCUT2D eigenvalue weighted by atomic mass is 35.5. The number of ether oxygens (including phenoxy) is 1. The quantitative estimate of drug-likeness (QED) is 0.942. The van der Waals surface area contributed by atoms with E-state index in [1.54, 1.807) is 7.11 Å². The van der Waals surface area contributed by atoms with Gasteiger partial charge in [0.05, 0.1) is 13.7 Å². The third-order valence-electron chi connectivity index (χ3n) is 5.00. The van der Waals surface area contributed by atoms with E-state index in [0.717, 1.165) is 29.0 Å². The highest BCUT2D eigenvalue weighted by Gasteiger charge is 2.40. The lowest BCUT2D eigenvalue weighted by molar-refractivity contribution is 0.253. The number of nitrogens with one attached hydrogen (secondary N) is 1. The number of hydrogen-bond acceptors (Lipinski definition) is 4. The molecule has 2 saturated heterocycles. The van der Waals surface area contributed by atoms with E-state index in [4.69, 9.17) is 9.15 Å². The molecule has 120 valence electrons. The summed E-state index contributed by atoms with van der Waals surface area (Å²) in [7, 11) is 1.70. The fourth-order valence-corrected chi connectivity index (χ4v) is 3.81. The Bertz CT molecular complexity index is 649. The lowest BCUT2D eigenvalue weighted by Gasteiger charge is -2.22. The second-order valence-electron chi connectivity index (χ2n) is 6.50. The summed E-state index contributed by atoms with van der Waals surface area (Å²) in [6.07, 6.45) is 2.63. The molecule has 0 aliphatic carbocycles. The first-order valence-electron chi connectivity index (χ1n) is 7.76. The largest absolute Gasteiger partial charge is 0.497 e. The lowest BCUT2D eigenvalue weighted by atomic mass is 9.87. The number of benzene rings is 1. The molecule has 0 bridgehead atoms. The van der Waals surface area contributed by atoms with E-state index >= 15 is 0 Å². The van der Waals surface area contributed by atoms with Gasteiger partial charge in [-0.1, -0.05) is 0 Å². The van der Waals surface area contributed by atoms with Crippen molar-refractivity contribution in [1.82, 2.24) is 10.2 Å². The molecule has 1 N–H and O–H groups in total. The molecule has 0 saturated carbocycles. The molecule has 1 unspecified atom stereocenters. The average Bonchev–Trinajstić information content (AvgIpc) is 3.20. The van der Waals surface area contributed by atoms with Crippen LogP contribution >= 0.6 is 12.4 Å². The maximum absolute atomic E-state index is 5.97. The summed E-state index contributed by atoms with van der Waals surface area (Å²) in [4.78, 5) is 2.53. The van der Waals surface area contributed by atoms with Crippen molar-refractivity contribution < 1.29 is 9.15 Å². The molecule has 2 aromatic rings. The summed E-state index contributed by atoms with van der Waals surface area (Å²) in [5, 5.41) is 4.64. The highest BCUT2D eigenvalue weighted by Crippen LogP contribution is 2.37. The van der Waals surface area contributed by atoms with Gasteiger partial charge >= 0.3 is 0 Å². The fourth-order valence-electron chi connectivity index (χ4n) is 3.81. The van der Waals surface area contributed by atoms with Crippen LogP contribution in [0, 0.1) is 5.41 Å². The summed E-state index contributed by atoms with van der Waals surface area (Å²) >= 11 is 0. The third-order valence-corrected chi connectivity index (χ3v) is 5.00. The second-order valence-corrected chi connectivity index (χ2v) is 6.50. The van der Waals surface area contributed by atoms with Crippen LogP contribution < -0.4 is 10.1 Å². The van der Waals surface area contributed by atoms with Crippen molar-refractivity contribution in [1.29, 1.82) is 0 Å². The van der Waals surface area contributed by atoms with Crippen molar-refractivity contribution in [3.05, 3.63) is 30.0 Å². The predicted molar refractivity (Wildman–Crippen MR) is 89.8 cm³/mol. The van der Waals surface area contributed by atoms with Crippen LogP contribution in [0.15, 0.2) is 28.7 Å². The van der Waals surface area contributed by atoms with Crippen LogP contribution in [0.5, 0.6) is 5.75 Å². The summed E-state index contributed by atoms with van der Waals surface area (Å²) in [6, 6.07) is 8.12. The molecule has 0 radical (unpaired) electrons. The van der Waals surface area contributed by atoms with Gasteiger partial charge in [-0.15, -0.1) is 12.4 Å². The minimum Gasteiger partial charge on any atom is -0.497 e. The van der Waals surface area contributed by atoms with Gasteiger partial charge in [0.2, 0.25) is 0 Å². The molecule has 1 spiro atoms. The minimum absolute atomic E-state index is 0. The molecular weight excluding hydrogens is 300 g/mol. The van der Waals surface area contributed by atoms with Crippen LogP contribution in [-0.2, 0) is 6.54 Å². The molecule has 0 amide bonds. The Morgan fingerprint density at radius 3 is 3.00 bits per heavy atom. The fraction of sp³-hybridized carbons (Fsp3) is 0.529. The Kier molecular flexibility index (Phi) is 4.35. The summed E-state index contributed by atoms with van der Waals surface area (Å²) in [5.74, 6) is 1.94. The first-order valence-corrected chi connectivity index (χ1v) is 7.76. The zero-order chi connectivity index (χ0) is 14.3. The van der Waals surface area contributed by atoms with E-state index in [0.29, 0.717) is 5.41 Å². The van der Waals surface area contributed by atoms with Gasteiger partial charge < -0.3 is 14.5 Å². The molecule has 4 rings (SSSR count). The second kappa shape index (κ2) is 6.11. The third kappa shape index (κ3) is 2.83. The monoisotopic (exact) mass is 322 g/mol.